The van der Waals surface area contributed by atoms with Gasteiger partial charge in [0.25, 0.3) is 0 Å². The highest BCUT2D eigenvalue weighted by Gasteiger charge is 2.03. The molecule has 5 heteroatoms. The van der Waals surface area contributed by atoms with Crippen LogP contribution in [0.3, 0.4) is 0 Å². The van der Waals surface area contributed by atoms with Gasteiger partial charge < -0.3 is 5.32 Å². The summed E-state index contributed by atoms with van der Waals surface area (Å²) in [5.74, 6) is 0.641. The van der Waals surface area contributed by atoms with E-state index in [1.165, 1.54) is 6.07 Å². The molecule has 0 radical (unpaired) electrons. The monoisotopic (exact) mass is 273 g/mol. The molecule has 0 saturated carbocycles. The van der Waals surface area contributed by atoms with Gasteiger partial charge in [-0.3, -0.25) is 0 Å². The predicted molar refractivity (Wildman–Crippen MR) is 76.0 cm³/mol. The Kier molecular flexibility index (Phi) is 3.37. The number of anilines is 1. The number of halogens is 1. The van der Waals surface area contributed by atoms with Crippen LogP contribution in [0.4, 0.5) is 10.2 Å². The number of hydrogen-bond acceptors (Lipinski definition) is 4. The molecule has 0 unspecified atom stereocenters. The van der Waals surface area contributed by atoms with Crippen molar-refractivity contribution in [3.8, 4) is 0 Å². The molecule has 19 heavy (non-hydrogen) atoms. The van der Waals surface area contributed by atoms with Crippen molar-refractivity contribution in [1.29, 1.82) is 0 Å². The van der Waals surface area contributed by atoms with Crippen molar-refractivity contribution in [2.24, 2.45) is 0 Å². The van der Waals surface area contributed by atoms with Crippen molar-refractivity contribution in [1.82, 2.24) is 9.97 Å². The average molecular weight is 273 g/mol. The van der Waals surface area contributed by atoms with Crippen molar-refractivity contribution >= 4 is 27.4 Å². The number of rotatable bonds is 4. The molecule has 1 N–H and O–H groups in total. The third-order valence-corrected chi connectivity index (χ3v) is 3.68. The molecule has 96 valence electrons. The standard InChI is InChI=1S/C14H12FN3S/c15-11-3-1-2-10(8-11)4-6-16-13-12-5-7-19-14(12)18-9-17-13/h1-3,5,7-9H,4,6H2,(H,16,17,18). The normalized spacial score (nSPS) is 10.8. The van der Waals surface area contributed by atoms with Crippen molar-refractivity contribution < 1.29 is 4.39 Å². The first-order chi connectivity index (χ1) is 9.33. The van der Waals surface area contributed by atoms with Crippen LogP contribution in [-0.4, -0.2) is 16.5 Å². The molecule has 0 bridgehead atoms. The number of thiophene rings is 1. The third-order valence-electron chi connectivity index (χ3n) is 2.86. The third kappa shape index (κ3) is 2.71. The molecule has 0 aliphatic carbocycles. The van der Waals surface area contributed by atoms with E-state index in [9.17, 15) is 4.39 Å². The largest absolute Gasteiger partial charge is 0.369 e. The van der Waals surface area contributed by atoms with E-state index in [0.717, 1.165) is 28.0 Å². The van der Waals surface area contributed by atoms with Gasteiger partial charge in [0.2, 0.25) is 0 Å². The molecule has 0 fully saturated rings. The minimum Gasteiger partial charge on any atom is -0.369 e. The maximum Gasteiger partial charge on any atom is 0.138 e. The number of hydrogen-bond donors (Lipinski definition) is 1. The van der Waals surface area contributed by atoms with Crippen LogP contribution in [-0.2, 0) is 6.42 Å². The number of benzene rings is 1. The smallest absolute Gasteiger partial charge is 0.138 e. The molecule has 3 nitrogen and oxygen atoms in total. The van der Waals surface area contributed by atoms with Crippen LogP contribution in [0.5, 0.6) is 0 Å². The van der Waals surface area contributed by atoms with E-state index in [2.05, 4.69) is 15.3 Å². The summed E-state index contributed by atoms with van der Waals surface area (Å²) in [5.41, 5.74) is 0.975. The van der Waals surface area contributed by atoms with E-state index in [-0.39, 0.29) is 5.82 Å². The van der Waals surface area contributed by atoms with Crippen LogP contribution < -0.4 is 5.32 Å². The summed E-state index contributed by atoms with van der Waals surface area (Å²) < 4.78 is 13.0. The summed E-state index contributed by atoms with van der Waals surface area (Å²) in [6, 6.07) is 8.67. The molecule has 2 heterocycles. The first-order valence-electron chi connectivity index (χ1n) is 5.99. The fourth-order valence-corrected chi connectivity index (χ4v) is 2.68. The summed E-state index contributed by atoms with van der Waals surface area (Å²) in [5, 5.41) is 6.31. The Hall–Kier alpha value is -2.01. The quantitative estimate of drug-likeness (QED) is 0.790. The molecule has 0 saturated heterocycles. The average Bonchev–Trinajstić information content (AvgIpc) is 2.88. The number of fused-ring (bicyclic) bond motifs is 1. The SMILES string of the molecule is Fc1cccc(CCNc2ncnc3sccc23)c1. The molecule has 2 aromatic heterocycles. The maximum atomic E-state index is 13.0. The number of nitrogens with zero attached hydrogens (tertiary/aromatic N) is 2. The zero-order chi connectivity index (χ0) is 13.1. The van der Waals surface area contributed by atoms with Crippen molar-refractivity contribution in [2.75, 3.05) is 11.9 Å². The summed E-state index contributed by atoms with van der Waals surface area (Å²) in [7, 11) is 0. The molecule has 1 aromatic carbocycles. The topological polar surface area (TPSA) is 37.8 Å². The van der Waals surface area contributed by atoms with Crippen molar-refractivity contribution in [3.63, 3.8) is 0 Å². The molecular formula is C14H12FN3S. The molecule has 0 aliphatic rings. The van der Waals surface area contributed by atoms with Crippen molar-refractivity contribution in [2.45, 2.75) is 6.42 Å². The lowest BCUT2D eigenvalue weighted by atomic mass is 10.1. The second-order valence-electron chi connectivity index (χ2n) is 4.17. The van der Waals surface area contributed by atoms with Crippen LogP contribution in [0.15, 0.2) is 42.0 Å². The van der Waals surface area contributed by atoms with Gasteiger partial charge in [-0.2, -0.15) is 0 Å². The minimum absolute atomic E-state index is 0.195. The molecule has 0 aliphatic heterocycles. The van der Waals surface area contributed by atoms with Crippen LogP contribution in [0.25, 0.3) is 10.2 Å². The first-order valence-corrected chi connectivity index (χ1v) is 6.87. The molecule has 0 spiro atoms. The molecule has 3 rings (SSSR count). The molecular weight excluding hydrogens is 261 g/mol. The first kappa shape index (κ1) is 12.0. The summed E-state index contributed by atoms with van der Waals surface area (Å²) >= 11 is 1.59. The van der Waals surface area contributed by atoms with E-state index < -0.39 is 0 Å². The summed E-state index contributed by atoms with van der Waals surface area (Å²) in [4.78, 5) is 9.41. The van der Waals surface area contributed by atoms with Gasteiger partial charge in [-0.25, -0.2) is 14.4 Å². The molecule has 3 aromatic rings. The molecule has 0 amide bonds. The van der Waals surface area contributed by atoms with Gasteiger partial charge >= 0.3 is 0 Å². The second kappa shape index (κ2) is 5.32. The lowest BCUT2D eigenvalue weighted by Gasteiger charge is -2.06. The van der Waals surface area contributed by atoms with Crippen LogP contribution in [0.2, 0.25) is 0 Å². The summed E-state index contributed by atoms with van der Waals surface area (Å²) in [6.45, 7) is 0.714. The van der Waals surface area contributed by atoms with E-state index in [1.807, 2.05) is 17.5 Å². The Morgan fingerprint density at radius 1 is 1.21 bits per heavy atom. The Morgan fingerprint density at radius 2 is 2.16 bits per heavy atom. The zero-order valence-corrected chi connectivity index (χ0v) is 11.0. The van der Waals surface area contributed by atoms with Gasteiger partial charge in [0, 0.05) is 6.54 Å². The Bertz CT molecular complexity index is 696. The minimum atomic E-state index is -0.195. The fourth-order valence-electron chi connectivity index (χ4n) is 1.95. The molecule has 0 atom stereocenters. The highest BCUT2D eigenvalue weighted by molar-refractivity contribution is 7.16. The van der Waals surface area contributed by atoms with Crippen LogP contribution in [0.1, 0.15) is 5.56 Å². The second-order valence-corrected chi connectivity index (χ2v) is 5.06. The highest BCUT2D eigenvalue weighted by atomic mass is 32.1. The van der Waals surface area contributed by atoms with Gasteiger partial charge in [-0.05, 0) is 35.6 Å². The fraction of sp³-hybridized carbons (Fsp3) is 0.143. The number of aromatic nitrogens is 2. The van der Waals surface area contributed by atoms with E-state index in [4.69, 9.17) is 0 Å². The van der Waals surface area contributed by atoms with E-state index >= 15 is 0 Å². The Morgan fingerprint density at radius 3 is 3.05 bits per heavy atom. The lowest BCUT2D eigenvalue weighted by Crippen LogP contribution is -2.06. The number of nitrogens with one attached hydrogen (secondary N) is 1. The maximum absolute atomic E-state index is 13.0. The van der Waals surface area contributed by atoms with Gasteiger partial charge in [-0.15, -0.1) is 11.3 Å². The van der Waals surface area contributed by atoms with Crippen LogP contribution in [0, 0.1) is 5.82 Å². The van der Waals surface area contributed by atoms with Crippen LogP contribution >= 0.6 is 11.3 Å². The van der Waals surface area contributed by atoms with Gasteiger partial charge in [0.1, 0.15) is 22.8 Å². The van der Waals surface area contributed by atoms with Gasteiger partial charge in [-0.1, -0.05) is 12.1 Å². The lowest BCUT2D eigenvalue weighted by molar-refractivity contribution is 0.625. The summed E-state index contributed by atoms with van der Waals surface area (Å²) in [6.07, 6.45) is 2.32. The Balaban J connectivity index is 1.68. The predicted octanol–water partition coefficient (Wildman–Crippen LogP) is 3.49. The van der Waals surface area contributed by atoms with Crippen molar-refractivity contribution in [3.05, 3.63) is 53.4 Å². The van der Waals surface area contributed by atoms with E-state index in [1.54, 1.807) is 29.8 Å². The van der Waals surface area contributed by atoms with Gasteiger partial charge in [0.05, 0.1) is 5.39 Å². The van der Waals surface area contributed by atoms with E-state index in [0.29, 0.717) is 6.54 Å². The highest BCUT2D eigenvalue weighted by Crippen LogP contribution is 2.23. The zero-order valence-electron chi connectivity index (χ0n) is 10.1. The van der Waals surface area contributed by atoms with Gasteiger partial charge in [0.15, 0.2) is 0 Å². The Labute approximate surface area is 114 Å².